The van der Waals surface area contributed by atoms with E-state index in [9.17, 15) is 0 Å². The molecule has 0 atom stereocenters. The summed E-state index contributed by atoms with van der Waals surface area (Å²) in [5.41, 5.74) is 6.65. The fourth-order valence-corrected chi connectivity index (χ4v) is 1.78. The molecule has 0 bridgehead atoms. The van der Waals surface area contributed by atoms with Crippen LogP contribution >= 0.6 is 11.3 Å². The fraction of sp³-hybridized carbons (Fsp3) is 0.222. The van der Waals surface area contributed by atoms with Crippen molar-refractivity contribution < 1.29 is 0 Å². The molecule has 2 aromatic rings. The highest BCUT2D eigenvalue weighted by Gasteiger charge is 2.07. The zero-order valence-corrected chi connectivity index (χ0v) is 9.11. The molecule has 0 aliphatic heterocycles. The summed E-state index contributed by atoms with van der Waals surface area (Å²) >= 11 is 1.38. The van der Waals surface area contributed by atoms with Gasteiger partial charge in [-0.05, 0) is 11.6 Å². The molecule has 0 amide bonds. The van der Waals surface area contributed by atoms with Crippen LogP contribution in [0.1, 0.15) is 5.56 Å². The molecule has 0 saturated carbocycles. The van der Waals surface area contributed by atoms with Gasteiger partial charge in [-0.2, -0.15) is 0 Å². The fourth-order valence-electron chi connectivity index (χ4n) is 1.21. The number of pyridine rings is 1. The van der Waals surface area contributed by atoms with Crippen molar-refractivity contribution in [2.75, 3.05) is 17.7 Å². The van der Waals surface area contributed by atoms with Crippen molar-refractivity contribution in [3.8, 4) is 0 Å². The van der Waals surface area contributed by atoms with E-state index in [1.54, 1.807) is 6.20 Å². The third-order valence-electron chi connectivity index (χ3n) is 1.90. The van der Waals surface area contributed by atoms with Crippen LogP contribution in [0.4, 0.5) is 10.3 Å². The highest BCUT2D eigenvalue weighted by molar-refractivity contribution is 7.18. The van der Waals surface area contributed by atoms with E-state index in [1.807, 2.05) is 30.3 Å². The average Bonchev–Trinajstić information content (AvgIpc) is 2.66. The predicted molar refractivity (Wildman–Crippen MR) is 60.7 cm³/mol. The summed E-state index contributed by atoms with van der Waals surface area (Å²) in [5, 5.41) is 9.03. The number of nitrogens with two attached hydrogens (primary N) is 1. The Kier molecular flexibility index (Phi) is 2.77. The molecule has 6 heteroatoms. The maximum atomic E-state index is 5.52. The molecule has 0 aromatic carbocycles. The van der Waals surface area contributed by atoms with Gasteiger partial charge < -0.3 is 10.6 Å². The minimum Gasteiger partial charge on any atom is -0.374 e. The van der Waals surface area contributed by atoms with E-state index in [4.69, 9.17) is 5.73 Å². The topological polar surface area (TPSA) is 67.9 Å². The number of nitrogens with zero attached hydrogens (tertiary/aromatic N) is 4. The first-order valence-corrected chi connectivity index (χ1v) is 5.26. The van der Waals surface area contributed by atoms with Crippen molar-refractivity contribution in [3.05, 3.63) is 30.1 Å². The second-order valence-corrected chi connectivity index (χ2v) is 4.13. The molecule has 2 aromatic heterocycles. The lowest BCUT2D eigenvalue weighted by Crippen LogP contribution is -2.16. The quantitative estimate of drug-likeness (QED) is 0.842. The Hall–Kier alpha value is -1.69. The van der Waals surface area contributed by atoms with Gasteiger partial charge in [0, 0.05) is 26.0 Å². The largest absolute Gasteiger partial charge is 0.374 e. The minimum atomic E-state index is 0.489. The van der Waals surface area contributed by atoms with E-state index in [-0.39, 0.29) is 0 Å². The van der Waals surface area contributed by atoms with Gasteiger partial charge in [-0.15, -0.1) is 10.2 Å². The van der Waals surface area contributed by atoms with E-state index in [0.717, 1.165) is 17.2 Å². The van der Waals surface area contributed by atoms with E-state index >= 15 is 0 Å². The van der Waals surface area contributed by atoms with Gasteiger partial charge in [-0.25, -0.2) is 0 Å². The predicted octanol–water partition coefficient (Wildman–Crippen LogP) is 1.15. The van der Waals surface area contributed by atoms with Gasteiger partial charge >= 0.3 is 0 Å². The maximum Gasteiger partial charge on any atom is 0.210 e. The zero-order valence-electron chi connectivity index (χ0n) is 8.29. The molecule has 0 spiro atoms. The van der Waals surface area contributed by atoms with Crippen LogP contribution in [0.3, 0.4) is 0 Å². The third-order valence-corrected chi connectivity index (χ3v) is 2.77. The van der Waals surface area contributed by atoms with Crippen molar-refractivity contribution >= 4 is 21.6 Å². The van der Waals surface area contributed by atoms with Gasteiger partial charge in [-0.1, -0.05) is 17.4 Å². The Morgan fingerprint density at radius 1 is 1.47 bits per heavy atom. The summed E-state index contributed by atoms with van der Waals surface area (Å²) in [6.07, 6.45) is 3.59. The second-order valence-electron chi connectivity index (χ2n) is 3.14. The monoisotopic (exact) mass is 221 g/mol. The van der Waals surface area contributed by atoms with Crippen molar-refractivity contribution in [1.29, 1.82) is 0 Å². The molecule has 5 nitrogen and oxygen atoms in total. The average molecular weight is 221 g/mol. The molecule has 2 N–H and O–H groups in total. The normalized spacial score (nSPS) is 10.2. The SMILES string of the molecule is CN(Cc1cccnc1)c1nnc(N)s1. The number of hydrogen-bond donors (Lipinski definition) is 1. The van der Waals surface area contributed by atoms with Crippen LogP contribution in [0.2, 0.25) is 0 Å². The molecule has 15 heavy (non-hydrogen) atoms. The number of nitrogen functional groups attached to an aromatic ring is 1. The Morgan fingerprint density at radius 3 is 2.93 bits per heavy atom. The molecule has 2 heterocycles. The van der Waals surface area contributed by atoms with Gasteiger partial charge in [0.25, 0.3) is 0 Å². The van der Waals surface area contributed by atoms with Crippen molar-refractivity contribution in [2.45, 2.75) is 6.54 Å². The van der Waals surface area contributed by atoms with Gasteiger partial charge in [-0.3, -0.25) is 4.98 Å². The van der Waals surface area contributed by atoms with Gasteiger partial charge in [0.15, 0.2) is 0 Å². The molecule has 78 valence electrons. The van der Waals surface area contributed by atoms with E-state index in [0.29, 0.717) is 5.13 Å². The van der Waals surface area contributed by atoms with Crippen LogP contribution in [0, 0.1) is 0 Å². The standard InChI is InChI=1S/C9H11N5S/c1-14(9-13-12-8(10)15-9)6-7-3-2-4-11-5-7/h2-5H,6H2,1H3,(H2,10,12). The number of anilines is 2. The lowest BCUT2D eigenvalue weighted by atomic mass is 10.3. The first-order valence-electron chi connectivity index (χ1n) is 4.45. The number of aromatic nitrogens is 3. The summed E-state index contributed by atoms with van der Waals surface area (Å²) in [4.78, 5) is 6.04. The Morgan fingerprint density at radius 2 is 2.33 bits per heavy atom. The smallest absolute Gasteiger partial charge is 0.210 e. The Balaban J connectivity index is 2.07. The lowest BCUT2D eigenvalue weighted by Gasteiger charge is -2.14. The molecular weight excluding hydrogens is 210 g/mol. The summed E-state index contributed by atoms with van der Waals surface area (Å²) in [7, 11) is 1.95. The molecule has 0 aliphatic carbocycles. The summed E-state index contributed by atoms with van der Waals surface area (Å²) in [6, 6.07) is 3.94. The van der Waals surface area contributed by atoms with Crippen molar-refractivity contribution in [2.24, 2.45) is 0 Å². The van der Waals surface area contributed by atoms with Crippen LogP contribution in [0.25, 0.3) is 0 Å². The molecular formula is C9H11N5S. The number of rotatable bonds is 3. The second kappa shape index (κ2) is 4.22. The Bertz CT molecular complexity index is 427. The number of hydrogen-bond acceptors (Lipinski definition) is 6. The maximum absolute atomic E-state index is 5.52. The Labute approximate surface area is 91.6 Å². The van der Waals surface area contributed by atoms with Crippen molar-refractivity contribution in [1.82, 2.24) is 15.2 Å². The molecule has 0 radical (unpaired) electrons. The first-order chi connectivity index (χ1) is 7.25. The van der Waals surface area contributed by atoms with Crippen LogP contribution in [0.15, 0.2) is 24.5 Å². The molecule has 0 unspecified atom stereocenters. The van der Waals surface area contributed by atoms with Crippen LogP contribution in [-0.2, 0) is 6.54 Å². The van der Waals surface area contributed by atoms with Gasteiger partial charge in [0.2, 0.25) is 10.3 Å². The summed E-state index contributed by atoms with van der Waals surface area (Å²) in [5.74, 6) is 0. The zero-order chi connectivity index (χ0) is 10.7. The molecule has 2 rings (SSSR count). The van der Waals surface area contributed by atoms with Crippen LogP contribution in [-0.4, -0.2) is 22.2 Å². The highest BCUT2D eigenvalue weighted by atomic mass is 32.1. The lowest BCUT2D eigenvalue weighted by molar-refractivity contribution is 0.889. The van der Waals surface area contributed by atoms with Gasteiger partial charge in [0.05, 0.1) is 0 Å². The summed E-state index contributed by atoms with van der Waals surface area (Å²) in [6.45, 7) is 0.752. The third kappa shape index (κ3) is 2.41. The first kappa shape index (κ1) is 9.85. The van der Waals surface area contributed by atoms with Crippen LogP contribution in [0.5, 0.6) is 0 Å². The van der Waals surface area contributed by atoms with Gasteiger partial charge in [0.1, 0.15) is 0 Å². The molecule has 0 fully saturated rings. The van der Waals surface area contributed by atoms with E-state index in [1.165, 1.54) is 11.3 Å². The highest BCUT2D eigenvalue weighted by Crippen LogP contribution is 2.21. The minimum absolute atomic E-state index is 0.489. The van der Waals surface area contributed by atoms with Crippen molar-refractivity contribution in [3.63, 3.8) is 0 Å². The summed E-state index contributed by atoms with van der Waals surface area (Å²) < 4.78 is 0. The molecule has 0 aliphatic rings. The van der Waals surface area contributed by atoms with E-state index in [2.05, 4.69) is 15.2 Å². The van der Waals surface area contributed by atoms with Crippen LogP contribution < -0.4 is 10.6 Å². The van der Waals surface area contributed by atoms with E-state index < -0.39 is 0 Å². The molecule has 0 saturated heterocycles.